The van der Waals surface area contributed by atoms with E-state index in [0.717, 1.165) is 17.4 Å². The van der Waals surface area contributed by atoms with Gasteiger partial charge in [0.2, 0.25) is 0 Å². The molecule has 96 valence electrons. The second-order valence-corrected chi connectivity index (χ2v) is 4.43. The van der Waals surface area contributed by atoms with Gasteiger partial charge in [0.25, 0.3) is 0 Å². The molecule has 0 saturated carbocycles. The maximum atomic E-state index is 8.78. The number of thiol groups is 1. The minimum atomic E-state index is -1.33. The average Bonchev–Trinajstić information content (AvgIpc) is 2.16. The molecule has 0 fully saturated rings. The number of carbonyl (C=O) groups is 1. The Morgan fingerprint density at radius 2 is 1.56 bits per heavy atom. The second-order valence-electron chi connectivity index (χ2n) is 3.31. The van der Waals surface area contributed by atoms with Gasteiger partial charge in [-0.1, -0.05) is 38.9 Å². The molecule has 3 N–H and O–H groups in total. The Morgan fingerprint density at radius 1 is 1.28 bits per heavy atom. The van der Waals surface area contributed by atoms with Crippen LogP contribution in [-0.2, 0) is 19.5 Å². The van der Waals surface area contributed by atoms with Gasteiger partial charge in [0.15, 0.2) is 0 Å². The summed E-state index contributed by atoms with van der Waals surface area (Å²) >= 11 is 9.23. The summed E-state index contributed by atoms with van der Waals surface area (Å²) in [7, 11) is 0. The first kappa shape index (κ1) is 27.5. The van der Waals surface area contributed by atoms with E-state index >= 15 is 0 Å². The summed E-state index contributed by atoms with van der Waals surface area (Å²) in [6.07, 6.45) is 3.53. The first-order chi connectivity index (χ1) is 7.45. The van der Waals surface area contributed by atoms with Crippen molar-refractivity contribution in [3.05, 3.63) is 0 Å². The summed E-state index contributed by atoms with van der Waals surface area (Å²) in [5.74, 6) is 0. The summed E-state index contributed by atoms with van der Waals surface area (Å²) in [4.78, 5) is 11.0. The number of rotatable bonds is 6. The Hall–Kier alpha value is 1.13. The maximum absolute atomic E-state index is 8.78. The van der Waals surface area contributed by atoms with Gasteiger partial charge in [-0.2, -0.15) is 0 Å². The van der Waals surface area contributed by atoms with Gasteiger partial charge in [0, 0.05) is 13.1 Å². The molecule has 0 saturated heterocycles. The molecular formula is C10H22N2NaO2S2Zn+3. The zero-order chi connectivity index (χ0) is 13.0. The Labute approximate surface area is 156 Å². The SMILES string of the molecule is CCCCN(CCCC)C(=S)S.NC(=O)O.[Na+].[Zn+2]. The number of nitrogens with zero attached hydrogens (tertiary/aromatic N) is 1. The smallest absolute Gasteiger partial charge is 0.465 e. The molecule has 0 spiro atoms. The van der Waals surface area contributed by atoms with Gasteiger partial charge >= 0.3 is 55.1 Å². The quantitative estimate of drug-likeness (QED) is 0.349. The number of thiocarbonyl (C=S) groups is 1. The van der Waals surface area contributed by atoms with Crippen molar-refractivity contribution in [3.8, 4) is 0 Å². The maximum Gasteiger partial charge on any atom is 2.00 e. The van der Waals surface area contributed by atoms with Crippen LogP contribution in [0.25, 0.3) is 0 Å². The van der Waals surface area contributed by atoms with Crippen molar-refractivity contribution in [2.75, 3.05) is 13.1 Å². The van der Waals surface area contributed by atoms with Gasteiger partial charge in [-0.15, -0.1) is 12.6 Å². The molecular weight excluding hydrogens is 333 g/mol. The largest absolute Gasteiger partial charge is 2.00 e. The third-order valence-electron chi connectivity index (χ3n) is 1.83. The van der Waals surface area contributed by atoms with E-state index in [-0.39, 0.29) is 49.0 Å². The van der Waals surface area contributed by atoms with Crippen LogP contribution in [0.1, 0.15) is 39.5 Å². The molecule has 8 heteroatoms. The Balaban J connectivity index is -0.000000143. The molecule has 0 aromatic rings. The minimum Gasteiger partial charge on any atom is -0.465 e. The predicted molar refractivity (Wildman–Crippen MR) is 75.2 cm³/mol. The molecule has 0 aliphatic heterocycles. The van der Waals surface area contributed by atoms with Crippen molar-refractivity contribution in [3.63, 3.8) is 0 Å². The Kier molecular flexibility index (Phi) is 31.2. The van der Waals surface area contributed by atoms with Crippen LogP contribution >= 0.6 is 24.8 Å². The predicted octanol–water partition coefficient (Wildman–Crippen LogP) is -0.272. The summed E-state index contributed by atoms with van der Waals surface area (Å²) in [5, 5.41) is 7.19. The van der Waals surface area contributed by atoms with E-state index < -0.39 is 6.09 Å². The minimum absolute atomic E-state index is 0. The Morgan fingerprint density at radius 3 is 1.72 bits per heavy atom. The zero-order valence-electron chi connectivity index (χ0n) is 11.7. The van der Waals surface area contributed by atoms with Gasteiger partial charge in [-0.05, 0) is 12.8 Å². The van der Waals surface area contributed by atoms with Gasteiger partial charge in [0.05, 0.1) is 0 Å². The van der Waals surface area contributed by atoms with Crippen LogP contribution in [0.3, 0.4) is 0 Å². The molecule has 0 atom stereocenters. The van der Waals surface area contributed by atoms with Crippen molar-refractivity contribution < 1.29 is 58.9 Å². The van der Waals surface area contributed by atoms with Crippen molar-refractivity contribution in [1.82, 2.24) is 4.90 Å². The molecule has 1 amide bonds. The molecule has 0 aromatic heterocycles. The zero-order valence-corrected chi connectivity index (χ0v) is 18.4. The summed E-state index contributed by atoms with van der Waals surface area (Å²) in [6.45, 7) is 6.52. The number of unbranched alkanes of at least 4 members (excludes halogenated alkanes) is 2. The van der Waals surface area contributed by atoms with E-state index in [9.17, 15) is 0 Å². The van der Waals surface area contributed by atoms with E-state index in [1.54, 1.807) is 0 Å². The summed E-state index contributed by atoms with van der Waals surface area (Å²) < 4.78 is 0.747. The molecule has 0 rings (SSSR count). The van der Waals surface area contributed by atoms with Crippen LogP contribution in [0.15, 0.2) is 0 Å². The van der Waals surface area contributed by atoms with E-state index in [4.69, 9.17) is 22.1 Å². The molecule has 0 unspecified atom stereocenters. The number of carboxylic acid groups (broad SMARTS) is 1. The molecule has 0 aliphatic carbocycles. The average molecular weight is 355 g/mol. The second kappa shape index (κ2) is 20.5. The van der Waals surface area contributed by atoms with Crippen LogP contribution in [0, 0.1) is 0 Å². The normalized spacial score (nSPS) is 7.94. The first-order valence-corrected chi connectivity index (χ1v) is 6.27. The molecule has 0 radical (unpaired) electrons. The van der Waals surface area contributed by atoms with Crippen LogP contribution in [-0.4, -0.2) is 33.5 Å². The fourth-order valence-corrected chi connectivity index (χ4v) is 1.38. The van der Waals surface area contributed by atoms with Gasteiger partial charge in [0.1, 0.15) is 4.32 Å². The fraction of sp³-hybridized carbons (Fsp3) is 0.800. The monoisotopic (exact) mass is 353 g/mol. The summed E-state index contributed by atoms with van der Waals surface area (Å²) in [5.41, 5.74) is 4.03. The molecule has 0 bridgehead atoms. The van der Waals surface area contributed by atoms with E-state index in [1.165, 1.54) is 25.7 Å². The molecule has 0 aromatic carbocycles. The number of hydrogen-bond acceptors (Lipinski definition) is 2. The number of primary amides is 1. The van der Waals surface area contributed by atoms with Gasteiger partial charge in [-0.3, -0.25) is 0 Å². The van der Waals surface area contributed by atoms with Gasteiger partial charge in [-0.25, -0.2) is 4.79 Å². The van der Waals surface area contributed by atoms with Crippen LogP contribution in [0.4, 0.5) is 4.79 Å². The van der Waals surface area contributed by atoms with E-state index in [2.05, 4.69) is 37.1 Å². The van der Waals surface area contributed by atoms with E-state index in [1.807, 2.05) is 0 Å². The number of amides is 1. The summed E-state index contributed by atoms with van der Waals surface area (Å²) in [6, 6.07) is 0. The number of hydrogen-bond donors (Lipinski definition) is 3. The van der Waals surface area contributed by atoms with Crippen LogP contribution in [0.2, 0.25) is 0 Å². The van der Waals surface area contributed by atoms with Crippen LogP contribution < -0.4 is 35.3 Å². The molecule has 4 nitrogen and oxygen atoms in total. The van der Waals surface area contributed by atoms with Crippen molar-refractivity contribution in [1.29, 1.82) is 0 Å². The molecule has 18 heavy (non-hydrogen) atoms. The third-order valence-corrected chi connectivity index (χ3v) is 2.37. The number of nitrogens with two attached hydrogens (primary N) is 1. The Bertz CT molecular complexity index is 200. The van der Waals surface area contributed by atoms with Crippen LogP contribution in [0.5, 0.6) is 0 Å². The molecule has 0 heterocycles. The first-order valence-electron chi connectivity index (χ1n) is 5.41. The topological polar surface area (TPSA) is 66.6 Å². The van der Waals surface area contributed by atoms with Gasteiger partial charge < -0.3 is 15.7 Å². The fourth-order valence-electron chi connectivity index (χ4n) is 1.00. The van der Waals surface area contributed by atoms with Crippen molar-refractivity contribution >= 4 is 35.3 Å². The standard InChI is InChI=1S/C9H19NS2.CH3NO2.Na.Zn/c1-3-5-7-10(9(11)12)8-6-4-2;2-1(3)4;;/h3-8H2,1-2H3,(H,11,12);2H2,(H,3,4);;/q;;+1;+2. The van der Waals surface area contributed by atoms with Crippen molar-refractivity contribution in [2.45, 2.75) is 39.5 Å². The third kappa shape index (κ3) is 25.9. The molecule has 0 aliphatic rings. The van der Waals surface area contributed by atoms with E-state index in [0.29, 0.717) is 0 Å². The van der Waals surface area contributed by atoms with Crippen molar-refractivity contribution in [2.24, 2.45) is 5.73 Å².